The maximum Gasteiger partial charge on any atom is 0.218 e. The topological polar surface area (TPSA) is 39.2 Å². The molecule has 1 aromatic heterocycles. The predicted octanol–water partition coefficient (Wildman–Crippen LogP) is 3.96. The maximum atomic E-state index is 11.9. The van der Waals surface area contributed by atoms with Crippen molar-refractivity contribution in [2.75, 3.05) is 6.61 Å². The van der Waals surface area contributed by atoms with Crippen molar-refractivity contribution in [1.82, 2.24) is 4.98 Å². The number of carbonyl (C=O) groups excluding carboxylic acids is 1. The van der Waals surface area contributed by atoms with E-state index < -0.39 is 0 Å². The van der Waals surface area contributed by atoms with Crippen LogP contribution in [0.5, 0.6) is 5.75 Å². The molecule has 0 spiro atoms. The van der Waals surface area contributed by atoms with Crippen LogP contribution in [0.3, 0.4) is 0 Å². The van der Waals surface area contributed by atoms with Gasteiger partial charge < -0.3 is 4.74 Å². The van der Waals surface area contributed by atoms with Crippen molar-refractivity contribution < 1.29 is 9.53 Å². The molecule has 0 N–H and O–H groups in total. The fourth-order valence-electron chi connectivity index (χ4n) is 1.51. The van der Waals surface area contributed by atoms with Crippen molar-refractivity contribution in [3.05, 3.63) is 57.8 Å². The highest BCUT2D eigenvalue weighted by molar-refractivity contribution is 6.35. The Morgan fingerprint density at radius 2 is 2.05 bits per heavy atom. The number of hydrogen-bond donors (Lipinski definition) is 0. The molecular weight excluding hydrogens is 285 g/mol. The van der Waals surface area contributed by atoms with Gasteiger partial charge in [0, 0.05) is 10.7 Å². The second kappa shape index (κ2) is 6.04. The molecule has 0 bridgehead atoms. The molecule has 0 saturated carbocycles. The van der Waals surface area contributed by atoms with Crippen LogP contribution in [0.15, 0.2) is 36.4 Å². The van der Waals surface area contributed by atoms with Gasteiger partial charge in [-0.3, -0.25) is 4.79 Å². The van der Waals surface area contributed by atoms with Crippen LogP contribution in [0, 0.1) is 6.92 Å². The highest BCUT2D eigenvalue weighted by atomic mass is 35.5. The fraction of sp³-hybridized carbons (Fsp3) is 0.143. The summed E-state index contributed by atoms with van der Waals surface area (Å²) in [5, 5.41) is 0.890. The maximum absolute atomic E-state index is 11.9. The summed E-state index contributed by atoms with van der Waals surface area (Å²) < 4.78 is 5.37. The van der Waals surface area contributed by atoms with Gasteiger partial charge in [-0.2, -0.15) is 0 Å². The van der Waals surface area contributed by atoms with Crippen LogP contribution in [-0.4, -0.2) is 17.4 Å². The number of halogens is 2. The molecule has 0 aliphatic heterocycles. The van der Waals surface area contributed by atoms with E-state index in [0.717, 1.165) is 5.69 Å². The van der Waals surface area contributed by atoms with Gasteiger partial charge in [-0.1, -0.05) is 29.3 Å². The Hall–Kier alpha value is -1.58. The Morgan fingerprint density at radius 1 is 1.26 bits per heavy atom. The summed E-state index contributed by atoms with van der Waals surface area (Å²) in [7, 11) is 0. The van der Waals surface area contributed by atoms with E-state index in [-0.39, 0.29) is 12.4 Å². The smallest absolute Gasteiger partial charge is 0.218 e. The minimum absolute atomic E-state index is 0.113. The van der Waals surface area contributed by atoms with Crippen molar-refractivity contribution in [3.8, 4) is 5.75 Å². The van der Waals surface area contributed by atoms with Gasteiger partial charge in [0.2, 0.25) is 5.78 Å². The van der Waals surface area contributed by atoms with Crippen LogP contribution in [0.1, 0.15) is 16.2 Å². The quantitative estimate of drug-likeness (QED) is 0.802. The second-order valence-corrected chi connectivity index (χ2v) is 4.79. The van der Waals surface area contributed by atoms with Gasteiger partial charge in [0.15, 0.2) is 6.61 Å². The van der Waals surface area contributed by atoms with Gasteiger partial charge in [0.1, 0.15) is 11.4 Å². The minimum atomic E-state index is -0.199. The number of Topliss-reactive ketones (excluding diaryl/α,β-unsaturated/α-hetero) is 1. The average molecular weight is 296 g/mol. The van der Waals surface area contributed by atoms with E-state index >= 15 is 0 Å². The molecule has 1 aromatic carbocycles. The molecule has 3 nitrogen and oxygen atoms in total. The first kappa shape index (κ1) is 13.8. The van der Waals surface area contributed by atoms with Crippen LogP contribution in [0.2, 0.25) is 10.0 Å². The number of pyridine rings is 1. The van der Waals surface area contributed by atoms with E-state index in [9.17, 15) is 4.79 Å². The SMILES string of the molecule is Cc1cccc(C(=O)COc2ccc(Cl)cc2Cl)n1. The number of nitrogens with zero attached hydrogens (tertiary/aromatic N) is 1. The molecule has 5 heteroatoms. The van der Waals surface area contributed by atoms with E-state index in [1.807, 2.05) is 13.0 Å². The molecule has 0 atom stereocenters. The van der Waals surface area contributed by atoms with Gasteiger partial charge in [-0.05, 0) is 37.3 Å². The molecule has 0 aliphatic carbocycles. The zero-order valence-electron chi connectivity index (χ0n) is 10.2. The lowest BCUT2D eigenvalue weighted by atomic mass is 10.2. The lowest BCUT2D eigenvalue weighted by molar-refractivity contribution is 0.0916. The van der Waals surface area contributed by atoms with Crippen LogP contribution in [-0.2, 0) is 0 Å². The van der Waals surface area contributed by atoms with E-state index in [1.165, 1.54) is 0 Å². The summed E-state index contributed by atoms with van der Waals surface area (Å²) in [5.41, 5.74) is 1.17. The Kier molecular flexibility index (Phi) is 4.40. The van der Waals surface area contributed by atoms with Crippen molar-refractivity contribution in [1.29, 1.82) is 0 Å². The Morgan fingerprint density at radius 3 is 2.74 bits per heavy atom. The van der Waals surface area contributed by atoms with Crippen molar-refractivity contribution in [2.45, 2.75) is 6.92 Å². The zero-order valence-corrected chi connectivity index (χ0v) is 11.7. The van der Waals surface area contributed by atoms with Crippen molar-refractivity contribution in [2.24, 2.45) is 0 Å². The van der Waals surface area contributed by atoms with Gasteiger partial charge in [0.25, 0.3) is 0 Å². The van der Waals surface area contributed by atoms with E-state index in [4.69, 9.17) is 27.9 Å². The van der Waals surface area contributed by atoms with Crippen molar-refractivity contribution in [3.63, 3.8) is 0 Å². The molecule has 1 heterocycles. The first-order valence-electron chi connectivity index (χ1n) is 5.61. The van der Waals surface area contributed by atoms with Crippen LogP contribution < -0.4 is 4.74 Å². The Balaban J connectivity index is 2.04. The third-order valence-corrected chi connectivity index (χ3v) is 2.96. The van der Waals surface area contributed by atoms with Gasteiger partial charge >= 0.3 is 0 Å². The predicted molar refractivity (Wildman–Crippen MR) is 75.3 cm³/mol. The summed E-state index contributed by atoms with van der Waals surface area (Å²) in [6, 6.07) is 10.1. The van der Waals surface area contributed by atoms with E-state index in [2.05, 4.69) is 4.98 Å². The first-order valence-corrected chi connectivity index (χ1v) is 6.36. The van der Waals surface area contributed by atoms with Gasteiger partial charge in [0.05, 0.1) is 5.02 Å². The third-order valence-electron chi connectivity index (χ3n) is 2.43. The molecule has 0 unspecified atom stereocenters. The summed E-state index contributed by atoms with van der Waals surface area (Å²) in [5.74, 6) is 0.224. The van der Waals surface area contributed by atoms with Crippen LogP contribution in [0.4, 0.5) is 0 Å². The monoisotopic (exact) mass is 295 g/mol. The number of ether oxygens (including phenoxy) is 1. The van der Waals surface area contributed by atoms with E-state index in [0.29, 0.717) is 21.5 Å². The molecule has 98 valence electrons. The van der Waals surface area contributed by atoms with Gasteiger partial charge in [-0.25, -0.2) is 4.98 Å². The number of rotatable bonds is 4. The van der Waals surface area contributed by atoms with Crippen LogP contribution in [0.25, 0.3) is 0 Å². The highest BCUT2D eigenvalue weighted by Gasteiger charge is 2.10. The number of carbonyl (C=O) groups is 1. The first-order chi connectivity index (χ1) is 9.06. The molecule has 0 amide bonds. The minimum Gasteiger partial charge on any atom is -0.484 e. The molecule has 2 rings (SSSR count). The van der Waals surface area contributed by atoms with Crippen molar-refractivity contribution >= 4 is 29.0 Å². The number of aromatic nitrogens is 1. The molecule has 19 heavy (non-hydrogen) atoms. The Bertz CT molecular complexity index is 614. The highest BCUT2D eigenvalue weighted by Crippen LogP contribution is 2.27. The van der Waals surface area contributed by atoms with Gasteiger partial charge in [-0.15, -0.1) is 0 Å². The number of aryl methyl sites for hydroxylation is 1. The number of benzene rings is 1. The van der Waals surface area contributed by atoms with Crippen LogP contribution >= 0.6 is 23.2 Å². The molecule has 2 aromatic rings. The second-order valence-electron chi connectivity index (χ2n) is 3.95. The molecule has 0 fully saturated rings. The largest absolute Gasteiger partial charge is 0.484 e. The zero-order chi connectivity index (χ0) is 13.8. The van der Waals surface area contributed by atoms with E-state index in [1.54, 1.807) is 30.3 Å². The lowest BCUT2D eigenvalue weighted by Gasteiger charge is -2.07. The standard InChI is InChI=1S/C14H11Cl2NO2/c1-9-3-2-4-12(17-9)13(18)8-19-14-6-5-10(15)7-11(14)16/h2-7H,8H2,1H3. The third kappa shape index (κ3) is 3.69. The average Bonchev–Trinajstić information content (AvgIpc) is 2.37. The molecular formula is C14H11Cl2NO2. The molecule has 0 radical (unpaired) electrons. The molecule has 0 aliphatic rings. The summed E-state index contributed by atoms with van der Waals surface area (Å²) in [4.78, 5) is 16.0. The normalized spacial score (nSPS) is 10.3. The number of hydrogen-bond acceptors (Lipinski definition) is 3. The summed E-state index contributed by atoms with van der Waals surface area (Å²) in [6.45, 7) is 1.71. The molecule has 0 saturated heterocycles. The summed E-state index contributed by atoms with van der Waals surface area (Å²) >= 11 is 11.7. The fourth-order valence-corrected chi connectivity index (χ4v) is 1.97. The Labute approximate surface area is 121 Å². The number of ketones is 1. The summed E-state index contributed by atoms with van der Waals surface area (Å²) in [6.07, 6.45) is 0. The lowest BCUT2D eigenvalue weighted by Crippen LogP contribution is -2.13.